The number of alkyl halides is 3. The molecular weight excluding hydrogens is 223 g/mol. The molecule has 1 saturated heterocycles. The normalized spacial score (nSPS) is 21.6. The van der Waals surface area contributed by atoms with Crippen LogP contribution in [0.5, 0.6) is 0 Å². The number of halogens is 3. The fourth-order valence-electron chi connectivity index (χ4n) is 1.88. The Balaban J connectivity index is 2.14. The molecule has 1 nitrogen and oxygen atoms in total. The molecule has 0 radical (unpaired) electrons. The largest absolute Gasteiger partial charge is 0.389 e. The van der Waals surface area contributed by atoms with Crippen LogP contribution in [0.25, 0.3) is 0 Å². The number of hydrogen-bond acceptors (Lipinski definition) is 2. The van der Waals surface area contributed by atoms with Gasteiger partial charge in [0.25, 0.3) is 0 Å². The molecule has 1 aliphatic heterocycles. The fraction of sp³-hybridized carbons (Fsp3) is 1.00. The van der Waals surface area contributed by atoms with E-state index in [9.17, 15) is 13.2 Å². The Bertz CT molecular complexity index is 178. The lowest BCUT2D eigenvalue weighted by Crippen LogP contribution is -2.27. The third-order valence-electron chi connectivity index (χ3n) is 2.78. The second kappa shape index (κ2) is 5.99. The van der Waals surface area contributed by atoms with Crippen LogP contribution in [0.1, 0.15) is 32.1 Å². The number of nitrogens with two attached hydrogens (primary N) is 1. The van der Waals surface area contributed by atoms with Gasteiger partial charge in [-0.3, -0.25) is 0 Å². The third-order valence-corrected chi connectivity index (χ3v) is 3.82. The Morgan fingerprint density at radius 1 is 1.27 bits per heavy atom. The minimum Gasteiger partial charge on any atom is -0.328 e. The molecule has 0 aliphatic carbocycles. The summed E-state index contributed by atoms with van der Waals surface area (Å²) in [7, 11) is 0. The third kappa shape index (κ3) is 6.30. The highest BCUT2D eigenvalue weighted by Crippen LogP contribution is 2.28. The molecule has 0 bridgehead atoms. The Kier molecular flexibility index (Phi) is 5.26. The second-order valence-corrected chi connectivity index (χ2v) is 5.43. The summed E-state index contributed by atoms with van der Waals surface area (Å²) in [6, 6.07) is -0.278. The Morgan fingerprint density at radius 3 is 2.40 bits per heavy atom. The van der Waals surface area contributed by atoms with Gasteiger partial charge in [0.15, 0.2) is 0 Å². The van der Waals surface area contributed by atoms with Crippen molar-refractivity contribution >= 4 is 11.8 Å². The van der Waals surface area contributed by atoms with Gasteiger partial charge in [-0.25, -0.2) is 0 Å². The highest BCUT2D eigenvalue weighted by Gasteiger charge is 2.28. The van der Waals surface area contributed by atoms with Crippen molar-refractivity contribution in [3.63, 3.8) is 0 Å². The lowest BCUT2D eigenvalue weighted by atomic mass is 9.93. The van der Waals surface area contributed by atoms with Crippen LogP contribution in [-0.2, 0) is 0 Å². The highest BCUT2D eigenvalue weighted by atomic mass is 32.2. The summed E-state index contributed by atoms with van der Waals surface area (Å²) < 4.78 is 35.8. The molecule has 0 aromatic heterocycles. The van der Waals surface area contributed by atoms with Gasteiger partial charge < -0.3 is 5.73 Å². The van der Waals surface area contributed by atoms with Crippen LogP contribution >= 0.6 is 11.8 Å². The van der Waals surface area contributed by atoms with E-state index in [1.807, 2.05) is 11.8 Å². The molecule has 1 rings (SSSR count). The van der Waals surface area contributed by atoms with Crippen LogP contribution in [0, 0.1) is 5.92 Å². The average Bonchev–Trinajstić information content (AvgIpc) is 2.15. The molecule has 90 valence electrons. The molecule has 0 amide bonds. The van der Waals surface area contributed by atoms with Crippen LogP contribution in [0.3, 0.4) is 0 Å². The van der Waals surface area contributed by atoms with Gasteiger partial charge in [-0.1, -0.05) is 0 Å². The van der Waals surface area contributed by atoms with Gasteiger partial charge in [-0.15, -0.1) is 0 Å². The first-order valence-electron chi connectivity index (χ1n) is 5.37. The minimum absolute atomic E-state index is 0.0765. The monoisotopic (exact) mass is 241 g/mol. The molecule has 1 fully saturated rings. The summed E-state index contributed by atoms with van der Waals surface area (Å²) in [5.41, 5.74) is 5.70. The Morgan fingerprint density at radius 2 is 1.87 bits per heavy atom. The van der Waals surface area contributed by atoms with Gasteiger partial charge in [-0.2, -0.15) is 24.9 Å². The van der Waals surface area contributed by atoms with Crippen molar-refractivity contribution in [3.8, 4) is 0 Å². The lowest BCUT2D eigenvalue weighted by molar-refractivity contribution is -0.136. The van der Waals surface area contributed by atoms with E-state index in [2.05, 4.69) is 0 Å². The molecule has 1 heterocycles. The maximum absolute atomic E-state index is 11.9. The van der Waals surface area contributed by atoms with Crippen molar-refractivity contribution in [1.82, 2.24) is 0 Å². The zero-order valence-electron chi connectivity index (χ0n) is 8.72. The smallest absolute Gasteiger partial charge is 0.328 e. The molecule has 5 heteroatoms. The quantitative estimate of drug-likeness (QED) is 0.818. The standard InChI is InChI=1S/C10H18F3NS/c11-10(12,13)4-1-9(14)7-8-2-5-15-6-3-8/h8-9H,1-7,14H2. The van der Waals surface area contributed by atoms with E-state index in [1.54, 1.807) is 0 Å². The van der Waals surface area contributed by atoms with Crippen molar-refractivity contribution in [2.24, 2.45) is 11.7 Å². The van der Waals surface area contributed by atoms with E-state index >= 15 is 0 Å². The van der Waals surface area contributed by atoms with Crippen LogP contribution in [0.15, 0.2) is 0 Å². The molecule has 0 spiro atoms. The first kappa shape index (κ1) is 13.2. The van der Waals surface area contributed by atoms with Crippen LogP contribution in [-0.4, -0.2) is 23.7 Å². The van der Waals surface area contributed by atoms with Crippen molar-refractivity contribution < 1.29 is 13.2 Å². The summed E-state index contributed by atoms with van der Waals surface area (Å²) >= 11 is 1.92. The molecule has 0 saturated carbocycles. The summed E-state index contributed by atoms with van der Waals surface area (Å²) in [5, 5.41) is 0. The number of thioether (sulfide) groups is 1. The van der Waals surface area contributed by atoms with E-state index in [0.29, 0.717) is 5.92 Å². The summed E-state index contributed by atoms with van der Waals surface area (Å²) in [5.74, 6) is 2.82. The number of rotatable bonds is 4. The summed E-state index contributed by atoms with van der Waals surface area (Å²) in [6.07, 6.45) is -1.73. The second-order valence-electron chi connectivity index (χ2n) is 4.21. The maximum atomic E-state index is 11.9. The van der Waals surface area contributed by atoms with Crippen molar-refractivity contribution in [2.45, 2.75) is 44.3 Å². The van der Waals surface area contributed by atoms with E-state index in [4.69, 9.17) is 5.73 Å². The zero-order chi connectivity index (χ0) is 11.3. The van der Waals surface area contributed by atoms with E-state index in [0.717, 1.165) is 30.8 Å². The molecular formula is C10H18F3NS. The van der Waals surface area contributed by atoms with E-state index < -0.39 is 12.6 Å². The Labute approximate surface area is 93.0 Å². The molecule has 0 aromatic carbocycles. The van der Waals surface area contributed by atoms with Gasteiger partial charge in [0.1, 0.15) is 0 Å². The zero-order valence-corrected chi connectivity index (χ0v) is 9.54. The number of hydrogen-bond donors (Lipinski definition) is 1. The first-order chi connectivity index (χ1) is 6.97. The summed E-state index contributed by atoms with van der Waals surface area (Å²) in [4.78, 5) is 0. The van der Waals surface area contributed by atoms with Gasteiger partial charge in [0.2, 0.25) is 0 Å². The molecule has 2 N–H and O–H groups in total. The lowest BCUT2D eigenvalue weighted by Gasteiger charge is -2.24. The van der Waals surface area contributed by atoms with Crippen molar-refractivity contribution in [2.75, 3.05) is 11.5 Å². The molecule has 1 atom stereocenters. The predicted molar refractivity (Wildman–Crippen MR) is 57.9 cm³/mol. The fourth-order valence-corrected chi connectivity index (χ4v) is 3.08. The molecule has 1 aliphatic rings. The van der Waals surface area contributed by atoms with Gasteiger partial charge >= 0.3 is 6.18 Å². The predicted octanol–water partition coefficient (Wildman–Crippen LogP) is 3.19. The molecule has 15 heavy (non-hydrogen) atoms. The Hall–Kier alpha value is 0.100. The highest BCUT2D eigenvalue weighted by molar-refractivity contribution is 7.99. The maximum Gasteiger partial charge on any atom is 0.389 e. The molecule has 1 unspecified atom stereocenters. The average molecular weight is 241 g/mol. The van der Waals surface area contributed by atoms with Gasteiger partial charge in [0, 0.05) is 12.5 Å². The van der Waals surface area contributed by atoms with Crippen LogP contribution in [0.2, 0.25) is 0 Å². The van der Waals surface area contributed by atoms with Gasteiger partial charge in [0.05, 0.1) is 0 Å². The first-order valence-corrected chi connectivity index (χ1v) is 6.53. The topological polar surface area (TPSA) is 26.0 Å². The van der Waals surface area contributed by atoms with Gasteiger partial charge in [-0.05, 0) is 43.1 Å². The van der Waals surface area contributed by atoms with Crippen LogP contribution in [0.4, 0.5) is 13.2 Å². The van der Waals surface area contributed by atoms with Crippen molar-refractivity contribution in [1.29, 1.82) is 0 Å². The SMILES string of the molecule is NC(CCC(F)(F)F)CC1CCSCC1. The minimum atomic E-state index is -4.06. The molecule has 0 aromatic rings. The summed E-state index contributed by atoms with van der Waals surface area (Å²) in [6.45, 7) is 0. The van der Waals surface area contributed by atoms with Crippen LogP contribution < -0.4 is 5.73 Å². The van der Waals surface area contributed by atoms with E-state index in [-0.39, 0.29) is 12.5 Å². The van der Waals surface area contributed by atoms with Crippen molar-refractivity contribution in [3.05, 3.63) is 0 Å². The van der Waals surface area contributed by atoms with E-state index in [1.165, 1.54) is 0 Å².